The van der Waals surface area contributed by atoms with E-state index in [-0.39, 0.29) is 33.6 Å². The number of nitro groups is 1. The van der Waals surface area contributed by atoms with Crippen molar-refractivity contribution in [3.05, 3.63) is 64.0 Å². The number of hydrogen-bond acceptors (Lipinski definition) is 9. The van der Waals surface area contributed by atoms with E-state index in [0.29, 0.717) is 4.34 Å². The second-order valence-corrected chi connectivity index (χ2v) is 7.98. The number of methoxy groups -OCH3 is 1. The topological polar surface area (TPSA) is 136 Å². The Morgan fingerprint density at radius 3 is 2.71 bits per heavy atom. The van der Waals surface area contributed by atoms with Crippen LogP contribution in [-0.4, -0.2) is 39.8 Å². The molecule has 0 saturated carbocycles. The summed E-state index contributed by atoms with van der Waals surface area (Å²) in [5.41, 5.74) is -0.398. The molecule has 13 heteroatoms. The molecule has 10 nitrogen and oxygen atoms in total. The summed E-state index contributed by atoms with van der Waals surface area (Å²) in [5.74, 6) is -1.64. The van der Waals surface area contributed by atoms with Crippen molar-refractivity contribution in [1.82, 2.24) is 10.2 Å². The summed E-state index contributed by atoms with van der Waals surface area (Å²) in [6.45, 7) is 0. The molecule has 2 aromatic carbocycles. The van der Waals surface area contributed by atoms with Crippen molar-refractivity contribution >= 4 is 51.4 Å². The van der Waals surface area contributed by atoms with Crippen LogP contribution in [0.25, 0.3) is 0 Å². The number of benzene rings is 2. The predicted molar refractivity (Wildman–Crippen MR) is 113 cm³/mol. The van der Waals surface area contributed by atoms with Crippen molar-refractivity contribution in [1.29, 1.82) is 0 Å². The molecule has 0 bridgehead atoms. The number of halogens is 1. The molecular weight excluding hydrogens is 449 g/mol. The average Bonchev–Trinajstić information content (AvgIpc) is 3.20. The molecule has 0 aliphatic carbocycles. The zero-order chi connectivity index (χ0) is 22.4. The molecule has 0 saturated heterocycles. The number of hydrogen-bond donors (Lipinski definition) is 2. The van der Waals surface area contributed by atoms with Gasteiger partial charge in [-0.05, 0) is 24.3 Å². The van der Waals surface area contributed by atoms with Crippen LogP contribution in [0.2, 0.25) is 0 Å². The number of aromatic nitrogens is 2. The maximum absolute atomic E-state index is 13.7. The highest BCUT2D eigenvalue weighted by atomic mass is 32.2. The van der Waals surface area contributed by atoms with Crippen molar-refractivity contribution in [2.24, 2.45) is 0 Å². The Kier molecular flexibility index (Phi) is 7.10. The van der Waals surface area contributed by atoms with Gasteiger partial charge in [0.1, 0.15) is 17.3 Å². The van der Waals surface area contributed by atoms with Crippen molar-refractivity contribution in [2.75, 3.05) is 23.5 Å². The summed E-state index contributed by atoms with van der Waals surface area (Å²) in [7, 11) is 1.38. The van der Waals surface area contributed by atoms with Gasteiger partial charge in [0.25, 0.3) is 11.6 Å². The predicted octanol–water partition coefficient (Wildman–Crippen LogP) is 3.58. The van der Waals surface area contributed by atoms with Gasteiger partial charge < -0.3 is 10.1 Å². The quantitative estimate of drug-likeness (QED) is 0.224. The molecule has 2 N–H and O–H groups in total. The Bertz CT molecular complexity index is 1140. The van der Waals surface area contributed by atoms with Gasteiger partial charge in [0.2, 0.25) is 11.0 Å². The zero-order valence-electron chi connectivity index (χ0n) is 15.8. The number of nitro benzene ring substituents is 1. The SMILES string of the molecule is COc1ccc(NC(=O)CSc2nnc(NC(=O)c3ccccc3F)s2)c([N+](=O)[O-])c1. The lowest BCUT2D eigenvalue weighted by Crippen LogP contribution is -2.15. The smallest absolute Gasteiger partial charge is 0.296 e. The normalized spacial score (nSPS) is 10.4. The molecule has 0 fully saturated rings. The summed E-state index contributed by atoms with van der Waals surface area (Å²) in [4.78, 5) is 34.8. The summed E-state index contributed by atoms with van der Waals surface area (Å²) in [5, 5.41) is 23.9. The lowest BCUT2D eigenvalue weighted by molar-refractivity contribution is -0.384. The molecule has 3 rings (SSSR count). The highest BCUT2D eigenvalue weighted by molar-refractivity contribution is 8.01. The number of nitrogens with zero attached hydrogens (tertiary/aromatic N) is 3. The lowest BCUT2D eigenvalue weighted by Gasteiger charge is -2.07. The fourth-order valence-corrected chi connectivity index (χ4v) is 3.88. The second kappa shape index (κ2) is 9.95. The molecule has 0 radical (unpaired) electrons. The number of ether oxygens (including phenoxy) is 1. The van der Waals surface area contributed by atoms with E-state index in [1.165, 1.54) is 49.6 Å². The van der Waals surface area contributed by atoms with Gasteiger partial charge in [-0.2, -0.15) is 0 Å². The molecule has 1 aromatic heterocycles. The largest absolute Gasteiger partial charge is 0.496 e. The Balaban J connectivity index is 1.57. The number of nitrogens with one attached hydrogen (secondary N) is 2. The minimum Gasteiger partial charge on any atom is -0.496 e. The molecule has 1 heterocycles. The van der Waals surface area contributed by atoms with Crippen LogP contribution in [0.4, 0.5) is 20.9 Å². The minimum atomic E-state index is -0.671. The van der Waals surface area contributed by atoms with Crippen molar-refractivity contribution in [2.45, 2.75) is 4.34 Å². The standard InChI is InChI=1S/C18H14FN5O5S2/c1-29-10-6-7-13(14(8-10)24(27)28)20-15(25)9-30-18-23-22-17(31-18)21-16(26)11-4-2-3-5-12(11)19/h2-8H,9H2,1H3,(H,20,25)(H,21,22,26). The first-order chi connectivity index (χ1) is 14.9. The Morgan fingerprint density at radius 1 is 1.23 bits per heavy atom. The van der Waals surface area contributed by atoms with E-state index in [0.717, 1.165) is 23.1 Å². The number of anilines is 2. The van der Waals surface area contributed by atoms with Gasteiger partial charge in [-0.3, -0.25) is 25.0 Å². The average molecular weight is 463 g/mol. The fraction of sp³-hybridized carbons (Fsp3) is 0.111. The third-order valence-corrected chi connectivity index (χ3v) is 5.72. The van der Waals surface area contributed by atoms with Crippen LogP contribution in [0.5, 0.6) is 5.75 Å². The van der Waals surface area contributed by atoms with Crippen LogP contribution in [0.15, 0.2) is 46.8 Å². The van der Waals surface area contributed by atoms with E-state index in [1.54, 1.807) is 0 Å². The highest BCUT2D eigenvalue weighted by Gasteiger charge is 2.18. The van der Waals surface area contributed by atoms with E-state index in [1.807, 2.05) is 0 Å². The number of carbonyl (C=O) groups excluding carboxylic acids is 2. The summed E-state index contributed by atoms with van der Waals surface area (Å²) in [6, 6.07) is 9.58. The summed E-state index contributed by atoms with van der Waals surface area (Å²) >= 11 is 2.03. The molecule has 0 unspecified atom stereocenters. The molecule has 31 heavy (non-hydrogen) atoms. The van der Waals surface area contributed by atoms with Crippen molar-refractivity contribution in [3.63, 3.8) is 0 Å². The molecule has 0 aliphatic rings. The first kappa shape index (κ1) is 22.1. The number of amides is 2. The Morgan fingerprint density at radius 2 is 2.00 bits per heavy atom. The van der Waals surface area contributed by atoms with Crippen LogP contribution in [-0.2, 0) is 4.79 Å². The fourth-order valence-electron chi connectivity index (χ4n) is 2.34. The molecular formula is C18H14FN5O5S2. The Labute approximate surface area is 183 Å². The van der Waals surface area contributed by atoms with Gasteiger partial charge in [0.15, 0.2) is 4.34 Å². The van der Waals surface area contributed by atoms with Gasteiger partial charge in [-0.15, -0.1) is 10.2 Å². The first-order valence-corrected chi connectivity index (χ1v) is 10.3. The molecule has 2 amide bonds. The summed E-state index contributed by atoms with van der Waals surface area (Å²) < 4.78 is 19.0. The third kappa shape index (κ3) is 5.73. The van der Waals surface area contributed by atoms with Crippen LogP contribution in [0.1, 0.15) is 10.4 Å². The van der Waals surface area contributed by atoms with Gasteiger partial charge in [-0.25, -0.2) is 4.39 Å². The van der Waals surface area contributed by atoms with E-state index >= 15 is 0 Å². The first-order valence-electron chi connectivity index (χ1n) is 8.52. The van der Waals surface area contributed by atoms with Crippen LogP contribution < -0.4 is 15.4 Å². The van der Waals surface area contributed by atoms with Gasteiger partial charge >= 0.3 is 0 Å². The lowest BCUT2D eigenvalue weighted by atomic mass is 10.2. The second-order valence-electron chi connectivity index (χ2n) is 5.78. The van der Waals surface area contributed by atoms with Crippen LogP contribution in [0, 0.1) is 15.9 Å². The van der Waals surface area contributed by atoms with E-state index < -0.39 is 22.6 Å². The number of thioether (sulfide) groups is 1. The van der Waals surface area contributed by atoms with Crippen LogP contribution in [0.3, 0.4) is 0 Å². The maximum Gasteiger partial charge on any atom is 0.296 e. The molecule has 160 valence electrons. The van der Waals surface area contributed by atoms with Crippen molar-refractivity contribution in [3.8, 4) is 5.75 Å². The molecule has 0 aliphatic heterocycles. The summed E-state index contributed by atoms with van der Waals surface area (Å²) in [6.07, 6.45) is 0. The number of carbonyl (C=O) groups is 2. The monoisotopic (exact) mass is 463 g/mol. The number of rotatable bonds is 8. The highest BCUT2D eigenvalue weighted by Crippen LogP contribution is 2.30. The van der Waals surface area contributed by atoms with Gasteiger partial charge in [0.05, 0.1) is 29.4 Å². The van der Waals surface area contributed by atoms with Crippen LogP contribution >= 0.6 is 23.1 Å². The van der Waals surface area contributed by atoms with E-state index in [2.05, 4.69) is 20.8 Å². The Hall–Kier alpha value is -3.58. The van der Waals surface area contributed by atoms with Crippen molar-refractivity contribution < 1.29 is 23.6 Å². The van der Waals surface area contributed by atoms with Gasteiger partial charge in [-0.1, -0.05) is 35.2 Å². The molecule has 0 spiro atoms. The molecule has 3 aromatic rings. The van der Waals surface area contributed by atoms with Gasteiger partial charge in [0, 0.05) is 0 Å². The minimum absolute atomic E-state index is 0.0338. The maximum atomic E-state index is 13.7. The van der Waals surface area contributed by atoms with E-state index in [9.17, 15) is 24.1 Å². The van der Waals surface area contributed by atoms with E-state index in [4.69, 9.17) is 4.74 Å². The third-order valence-electron chi connectivity index (χ3n) is 3.75. The zero-order valence-corrected chi connectivity index (χ0v) is 17.5. The molecule has 0 atom stereocenters.